The zero-order chi connectivity index (χ0) is 7.90. The van der Waals surface area contributed by atoms with Crippen molar-refractivity contribution in [2.45, 2.75) is 18.5 Å². The van der Waals surface area contributed by atoms with Gasteiger partial charge in [-0.05, 0) is 6.42 Å². The minimum atomic E-state index is -0.949. The number of nitriles is 1. The summed E-state index contributed by atoms with van der Waals surface area (Å²) in [5.74, 6) is 1.02. The molecule has 0 bridgehead atoms. The first-order chi connectivity index (χ1) is 5.23. The summed E-state index contributed by atoms with van der Waals surface area (Å²) in [5.41, 5.74) is 4.71. The van der Waals surface area contributed by atoms with Crippen LogP contribution < -0.4 is 5.73 Å². The SMILES string of the molecule is N#CC1(N)CN2CCCC2=N1. The molecule has 0 aromatic rings. The molecule has 4 nitrogen and oxygen atoms in total. The second-order valence-corrected chi connectivity index (χ2v) is 3.09. The van der Waals surface area contributed by atoms with Gasteiger partial charge >= 0.3 is 0 Å². The number of hydrogen-bond acceptors (Lipinski definition) is 4. The summed E-state index contributed by atoms with van der Waals surface area (Å²) >= 11 is 0. The molecule has 1 unspecified atom stereocenters. The molecular formula is C7H10N4. The van der Waals surface area contributed by atoms with Gasteiger partial charge in [-0.25, -0.2) is 4.99 Å². The van der Waals surface area contributed by atoms with Crippen LogP contribution in [-0.4, -0.2) is 29.5 Å². The molecule has 2 aliphatic heterocycles. The molecule has 1 fully saturated rings. The van der Waals surface area contributed by atoms with E-state index >= 15 is 0 Å². The van der Waals surface area contributed by atoms with Gasteiger partial charge in [0.25, 0.3) is 0 Å². The molecule has 2 heterocycles. The molecule has 0 spiro atoms. The maximum Gasteiger partial charge on any atom is 0.215 e. The molecule has 0 aromatic heterocycles. The van der Waals surface area contributed by atoms with E-state index in [-0.39, 0.29) is 0 Å². The average Bonchev–Trinajstić information content (AvgIpc) is 2.46. The van der Waals surface area contributed by atoms with E-state index < -0.39 is 5.66 Å². The van der Waals surface area contributed by atoms with Crippen LogP contribution in [0, 0.1) is 11.3 Å². The summed E-state index contributed by atoms with van der Waals surface area (Å²) in [4.78, 5) is 6.26. The molecule has 58 valence electrons. The smallest absolute Gasteiger partial charge is 0.215 e. The average molecular weight is 150 g/mol. The summed E-state index contributed by atoms with van der Waals surface area (Å²) in [6, 6.07) is 2.02. The first-order valence-corrected chi connectivity index (χ1v) is 3.77. The van der Waals surface area contributed by atoms with Crippen LogP contribution in [0.4, 0.5) is 0 Å². The highest BCUT2D eigenvalue weighted by atomic mass is 15.3. The van der Waals surface area contributed by atoms with E-state index in [2.05, 4.69) is 9.89 Å². The Morgan fingerprint density at radius 1 is 1.73 bits per heavy atom. The molecule has 0 radical (unpaired) electrons. The zero-order valence-electron chi connectivity index (χ0n) is 6.25. The van der Waals surface area contributed by atoms with Crippen molar-refractivity contribution in [3.8, 4) is 6.07 Å². The number of rotatable bonds is 0. The summed E-state index contributed by atoms with van der Waals surface area (Å²) in [7, 11) is 0. The quantitative estimate of drug-likeness (QED) is 0.514. The number of nitrogens with zero attached hydrogens (tertiary/aromatic N) is 3. The van der Waals surface area contributed by atoms with Crippen LogP contribution in [0.25, 0.3) is 0 Å². The number of amidine groups is 1. The van der Waals surface area contributed by atoms with Gasteiger partial charge in [0.1, 0.15) is 11.9 Å². The lowest BCUT2D eigenvalue weighted by atomic mass is 10.2. The second kappa shape index (κ2) is 1.95. The van der Waals surface area contributed by atoms with Crippen molar-refractivity contribution in [2.75, 3.05) is 13.1 Å². The predicted octanol–water partition coefficient (Wildman–Crippen LogP) is -0.327. The molecule has 1 saturated heterocycles. The van der Waals surface area contributed by atoms with Crippen LogP contribution >= 0.6 is 0 Å². The minimum absolute atomic E-state index is 0.582. The largest absolute Gasteiger partial charge is 0.355 e. The lowest BCUT2D eigenvalue weighted by Gasteiger charge is -2.14. The molecule has 2 N–H and O–H groups in total. The molecule has 0 amide bonds. The maximum absolute atomic E-state index is 8.67. The van der Waals surface area contributed by atoms with Gasteiger partial charge in [-0.2, -0.15) is 5.26 Å². The Morgan fingerprint density at radius 3 is 3.18 bits per heavy atom. The number of aliphatic imine (C=N–C) groups is 1. The highest BCUT2D eigenvalue weighted by Gasteiger charge is 2.37. The lowest BCUT2D eigenvalue weighted by Crippen LogP contribution is -2.41. The van der Waals surface area contributed by atoms with Crippen molar-refractivity contribution >= 4 is 5.84 Å². The molecule has 0 aliphatic carbocycles. The molecule has 0 saturated carbocycles. The maximum atomic E-state index is 8.67. The molecule has 1 atom stereocenters. The zero-order valence-corrected chi connectivity index (χ0v) is 6.25. The van der Waals surface area contributed by atoms with E-state index in [0.717, 1.165) is 25.2 Å². The highest BCUT2D eigenvalue weighted by molar-refractivity contribution is 5.86. The van der Waals surface area contributed by atoms with Gasteiger partial charge in [0.2, 0.25) is 5.66 Å². The summed E-state index contributed by atoms with van der Waals surface area (Å²) < 4.78 is 0. The third-order valence-electron chi connectivity index (χ3n) is 2.15. The highest BCUT2D eigenvalue weighted by Crippen LogP contribution is 2.22. The summed E-state index contributed by atoms with van der Waals surface area (Å²) in [5, 5.41) is 8.67. The van der Waals surface area contributed by atoms with Gasteiger partial charge in [0.05, 0.1) is 6.54 Å². The molecule has 2 aliphatic rings. The first-order valence-electron chi connectivity index (χ1n) is 3.77. The van der Waals surface area contributed by atoms with Crippen LogP contribution in [0.5, 0.6) is 0 Å². The van der Waals surface area contributed by atoms with Gasteiger partial charge in [0, 0.05) is 13.0 Å². The van der Waals surface area contributed by atoms with Gasteiger partial charge in [-0.1, -0.05) is 0 Å². The molecule has 0 aromatic carbocycles. The minimum Gasteiger partial charge on any atom is -0.355 e. The lowest BCUT2D eigenvalue weighted by molar-refractivity contribution is 0.411. The van der Waals surface area contributed by atoms with Gasteiger partial charge in [0.15, 0.2) is 0 Å². The van der Waals surface area contributed by atoms with Gasteiger partial charge in [-0.3, -0.25) is 5.73 Å². The van der Waals surface area contributed by atoms with Crippen LogP contribution in [0.2, 0.25) is 0 Å². The third kappa shape index (κ3) is 0.889. The second-order valence-electron chi connectivity index (χ2n) is 3.09. The van der Waals surface area contributed by atoms with E-state index in [1.807, 2.05) is 6.07 Å². The van der Waals surface area contributed by atoms with Crippen molar-refractivity contribution in [1.29, 1.82) is 5.26 Å². The first kappa shape index (κ1) is 6.62. The van der Waals surface area contributed by atoms with Crippen molar-refractivity contribution in [3.63, 3.8) is 0 Å². The Balaban J connectivity index is 2.27. The van der Waals surface area contributed by atoms with E-state index in [4.69, 9.17) is 11.0 Å². The molecule has 2 rings (SSSR count). The number of nitrogens with two attached hydrogens (primary N) is 1. The third-order valence-corrected chi connectivity index (χ3v) is 2.15. The van der Waals surface area contributed by atoms with Crippen molar-refractivity contribution in [2.24, 2.45) is 10.7 Å². The fraction of sp³-hybridized carbons (Fsp3) is 0.714. The van der Waals surface area contributed by atoms with Crippen molar-refractivity contribution in [3.05, 3.63) is 0 Å². The number of fused-ring (bicyclic) bond motifs is 1. The predicted molar refractivity (Wildman–Crippen MR) is 40.8 cm³/mol. The summed E-state index contributed by atoms with van der Waals surface area (Å²) in [6.45, 7) is 1.60. The Kier molecular flexibility index (Phi) is 1.18. The summed E-state index contributed by atoms with van der Waals surface area (Å²) in [6.07, 6.45) is 2.14. The normalized spacial score (nSPS) is 34.9. The fourth-order valence-electron chi connectivity index (χ4n) is 1.63. The monoisotopic (exact) mass is 150 g/mol. The Labute approximate surface area is 65.3 Å². The van der Waals surface area contributed by atoms with E-state index in [1.165, 1.54) is 0 Å². The Hall–Kier alpha value is -1.08. The van der Waals surface area contributed by atoms with Crippen molar-refractivity contribution < 1.29 is 0 Å². The van der Waals surface area contributed by atoms with Gasteiger partial charge in [-0.15, -0.1) is 0 Å². The van der Waals surface area contributed by atoms with Crippen LogP contribution in [0.15, 0.2) is 4.99 Å². The Morgan fingerprint density at radius 2 is 2.55 bits per heavy atom. The van der Waals surface area contributed by atoms with Crippen LogP contribution in [0.3, 0.4) is 0 Å². The molecule has 11 heavy (non-hydrogen) atoms. The topological polar surface area (TPSA) is 65.4 Å². The van der Waals surface area contributed by atoms with Crippen molar-refractivity contribution in [1.82, 2.24) is 4.90 Å². The molecule has 4 heteroatoms. The van der Waals surface area contributed by atoms with E-state index in [1.54, 1.807) is 0 Å². The van der Waals surface area contributed by atoms with Crippen LogP contribution in [-0.2, 0) is 0 Å². The van der Waals surface area contributed by atoms with Crippen LogP contribution in [0.1, 0.15) is 12.8 Å². The van der Waals surface area contributed by atoms with Gasteiger partial charge < -0.3 is 4.90 Å². The van der Waals surface area contributed by atoms with E-state index in [9.17, 15) is 0 Å². The Bertz CT molecular complexity index is 252. The fourth-order valence-corrected chi connectivity index (χ4v) is 1.63. The molecular weight excluding hydrogens is 140 g/mol. The number of hydrogen-bond donors (Lipinski definition) is 1. The standard InChI is InChI=1S/C7H10N4/c8-4-7(9)5-11-3-1-2-6(11)10-7/h1-3,5,9H2. The van der Waals surface area contributed by atoms with E-state index in [0.29, 0.717) is 6.54 Å².